The van der Waals surface area contributed by atoms with Gasteiger partial charge in [0.25, 0.3) is 0 Å². The van der Waals surface area contributed by atoms with Crippen LogP contribution in [-0.4, -0.2) is 68.4 Å². The first-order valence-electron chi connectivity index (χ1n) is 11.9. The zero-order chi connectivity index (χ0) is 22.6. The van der Waals surface area contributed by atoms with Crippen molar-refractivity contribution >= 4 is 35.6 Å². The van der Waals surface area contributed by atoms with Gasteiger partial charge in [0, 0.05) is 45.9 Å². The summed E-state index contributed by atoms with van der Waals surface area (Å²) >= 11 is 0. The first-order chi connectivity index (χ1) is 15.0. The number of hydrogen-bond acceptors (Lipinski definition) is 4. The Morgan fingerprint density at radius 3 is 2.44 bits per heavy atom. The van der Waals surface area contributed by atoms with Crippen molar-refractivity contribution in [2.45, 2.75) is 47.1 Å². The lowest BCUT2D eigenvalue weighted by Gasteiger charge is -2.35. The zero-order valence-corrected chi connectivity index (χ0v) is 22.6. The SMILES string of the molecule is CCNC(=NCc1ccc(N2CCN(CC)CC2)c(F)c1)NCC(CCO)CC(C)C.I. The van der Waals surface area contributed by atoms with Crippen LogP contribution >= 0.6 is 24.0 Å². The van der Waals surface area contributed by atoms with Crippen molar-refractivity contribution in [3.63, 3.8) is 0 Å². The van der Waals surface area contributed by atoms with E-state index >= 15 is 0 Å². The van der Waals surface area contributed by atoms with E-state index in [4.69, 9.17) is 0 Å². The van der Waals surface area contributed by atoms with Gasteiger partial charge in [0.2, 0.25) is 0 Å². The van der Waals surface area contributed by atoms with E-state index in [9.17, 15) is 9.50 Å². The van der Waals surface area contributed by atoms with Crippen LogP contribution in [0.4, 0.5) is 10.1 Å². The second kappa shape index (κ2) is 15.7. The first kappa shape index (κ1) is 28.9. The van der Waals surface area contributed by atoms with E-state index in [-0.39, 0.29) is 36.4 Å². The van der Waals surface area contributed by atoms with Gasteiger partial charge in [-0.05, 0) is 55.8 Å². The summed E-state index contributed by atoms with van der Waals surface area (Å²) in [6.45, 7) is 15.5. The number of nitrogens with one attached hydrogen (secondary N) is 2. The molecule has 6 nitrogen and oxygen atoms in total. The number of aliphatic hydroxyl groups excluding tert-OH is 1. The smallest absolute Gasteiger partial charge is 0.191 e. The summed E-state index contributed by atoms with van der Waals surface area (Å²) in [5.41, 5.74) is 1.55. The number of rotatable bonds is 11. The number of nitrogens with zero attached hydrogens (tertiary/aromatic N) is 3. The molecule has 1 unspecified atom stereocenters. The molecule has 32 heavy (non-hydrogen) atoms. The number of hydrogen-bond donors (Lipinski definition) is 3. The van der Waals surface area contributed by atoms with Crippen molar-refractivity contribution in [1.82, 2.24) is 15.5 Å². The second-order valence-electron chi connectivity index (χ2n) is 8.79. The van der Waals surface area contributed by atoms with Crippen LogP contribution in [0.3, 0.4) is 0 Å². The topological polar surface area (TPSA) is 63.1 Å². The summed E-state index contributed by atoms with van der Waals surface area (Å²) in [7, 11) is 0. The monoisotopic (exact) mass is 563 g/mol. The Morgan fingerprint density at radius 1 is 1.16 bits per heavy atom. The van der Waals surface area contributed by atoms with Crippen LogP contribution in [-0.2, 0) is 6.54 Å². The lowest BCUT2D eigenvalue weighted by Crippen LogP contribution is -2.46. The van der Waals surface area contributed by atoms with Crippen LogP contribution in [0.25, 0.3) is 0 Å². The summed E-state index contributed by atoms with van der Waals surface area (Å²) in [6, 6.07) is 5.48. The summed E-state index contributed by atoms with van der Waals surface area (Å²) in [5, 5.41) is 16.0. The van der Waals surface area contributed by atoms with Gasteiger partial charge in [-0.1, -0.05) is 26.8 Å². The fraction of sp³-hybridized carbons (Fsp3) is 0.708. The van der Waals surface area contributed by atoms with E-state index in [0.717, 1.165) is 70.2 Å². The zero-order valence-electron chi connectivity index (χ0n) is 20.2. The van der Waals surface area contributed by atoms with Crippen LogP contribution in [0.1, 0.15) is 46.1 Å². The van der Waals surface area contributed by atoms with E-state index in [0.29, 0.717) is 24.1 Å². The number of piperazine rings is 1. The molecular formula is C24H43FIN5O. The molecule has 3 N–H and O–H groups in total. The summed E-state index contributed by atoms with van der Waals surface area (Å²) in [6.07, 6.45) is 1.84. The van der Waals surface area contributed by atoms with Gasteiger partial charge in [-0.25, -0.2) is 9.38 Å². The molecule has 1 aromatic rings. The van der Waals surface area contributed by atoms with Crippen LogP contribution in [0, 0.1) is 17.7 Å². The Balaban J connectivity index is 0.00000512. The highest BCUT2D eigenvalue weighted by molar-refractivity contribution is 14.0. The van der Waals surface area contributed by atoms with Crippen molar-refractivity contribution in [3.8, 4) is 0 Å². The molecule has 0 saturated carbocycles. The highest BCUT2D eigenvalue weighted by Crippen LogP contribution is 2.22. The molecule has 2 rings (SSSR count). The van der Waals surface area contributed by atoms with E-state index in [1.165, 1.54) is 0 Å². The van der Waals surface area contributed by atoms with E-state index in [2.05, 4.69) is 46.2 Å². The van der Waals surface area contributed by atoms with E-state index < -0.39 is 0 Å². The molecule has 0 amide bonds. The third kappa shape index (κ3) is 9.79. The normalized spacial score (nSPS) is 16.1. The molecule has 0 aliphatic carbocycles. The van der Waals surface area contributed by atoms with Crippen molar-refractivity contribution in [1.29, 1.82) is 0 Å². The Hall–Kier alpha value is -1.13. The first-order valence-corrected chi connectivity index (χ1v) is 11.9. The minimum absolute atomic E-state index is 0. The quantitative estimate of drug-likeness (QED) is 0.218. The molecule has 1 aromatic carbocycles. The van der Waals surface area contributed by atoms with Crippen LogP contribution in [0.2, 0.25) is 0 Å². The summed E-state index contributed by atoms with van der Waals surface area (Å²) < 4.78 is 14.8. The molecule has 1 saturated heterocycles. The molecule has 1 atom stereocenters. The summed E-state index contributed by atoms with van der Waals surface area (Å²) in [4.78, 5) is 9.17. The van der Waals surface area contributed by atoms with Crippen LogP contribution in [0.15, 0.2) is 23.2 Å². The highest BCUT2D eigenvalue weighted by Gasteiger charge is 2.18. The molecular weight excluding hydrogens is 520 g/mol. The van der Waals surface area contributed by atoms with Crippen LogP contribution in [0.5, 0.6) is 0 Å². The Morgan fingerprint density at radius 2 is 1.88 bits per heavy atom. The fourth-order valence-electron chi connectivity index (χ4n) is 4.12. The number of guanidine groups is 1. The van der Waals surface area contributed by atoms with Gasteiger partial charge in [-0.15, -0.1) is 24.0 Å². The summed E-state index contributed by atoms with van der Waals surface area (Å²) in [5.74, 6) is 1.55. The number of halogens is 2. The van der Waals surface area contributed by atoms with Crippen molar-refractivity contribution in [2.24, 2.45) is 16.8 Å². The Kier molecular flexibility index (Phi) is 14.1. The van der Waals surface area contributed by atoms with E-state index in [1.807, 2.05) is 19.1 Å². The molecule has 1 aliphatic rings. The molecule has 0 spiro atoms. The van der Waals surface area contributed by atoms with Gasteiger partial charge < -0.3 is 25.5 Å². The van der Waals surface area contributed by atoms with Crippen molar-refractivity contribution in [3.05, 3.63) is 29.6 Å². The maximum atomic E-state index is 14.8. The van der Waals surface area contributed by atoms with Gasteiger partial charge in [-0.3, -0.25) is 0 Å². The second-order valence-corrected chi connectivity index (χ2v) is 8.79. The maximum absolute atomic E-state index is 14.8. The minimum atomic E-state index is -0.171. The molecule has 0 bridgehead atoms. The average Bonchev–Trinajstić information content (AvgIpc) is 2.75. The van der Waals surface area contributed by atoms with Crippen molar-refractivity contribution in [2.75, 3.05) is 57.3 Å². The Labute approximate surface area is 211 Å². The van der Waals surface area contributed by atoms with Crippen molar-refractivity contribution < 1.29 is 9.50 Å². The molecule has 1 fully saturated rings. The standard InChI is InChI=1S/C24H42FN5O.HI/c1-5-26-24(28-18-21(9-14-31)15-19(3)4)27-17-20-7-8-23(22(25)16-20)30-12-10-29(6-2)11-13-30;/h7-8,16,19,21,31H,5-6,9-15,17-18H2,1-4H3,(H2,26,27,28);1H. The van der Waals surface area contributed by atoms with Gasteiger partial charge in [0.05, 0.1) is 12.2 Å². The lowest BCUT2D eigenvalue weighted by molar-refractivity contribution is 0.243. The highest BCUT2D eigenvalue weighted by atomic mass is 127. The third-order valence-electron chi connectivity index (χ3n) is 5.84. The number of anilines is 1. The number of likely N-dealkylation sites (N-methyl/N-ethyl adjacent to an activating group) is 1. The lowest BCUT2D eigenvalue weighted by atomic mass is 9.94. The molecule has 0 radical (unpaired) electrons. The Bertz CT molecular complexity index is 680. The molecule has 1 aliphatic heterocycles. The third-order valence-corrected chi connectivity index (χ3v) is 5.84. The van der Waals surface area contributed by atoms with Gasteiger partial charge in [-0.2, -0.15) is 0 Å². The fourth-order valence-corrected chi connectivity index (χ4v) is 4.12. The van der Waals surface area contributed by atoms with Crippen LogP contribution < -0.4 is 15.5 Å². The number of benzene rings is 1. The number of aliphatic imine (C=N–C) groups is 1. The van der Waals surface area contributed by atoms with Gasteiger partial charge >= 0.3 is 0 Å². The molecule has 1 heterocycles. The predicted octanol–water partition coefficient (Wildman–Crippen LogP) is 3.69. The maximum Gasteiger partial charge on any atom is 0.191 e. The predicted molar refractivity (Wildman–Crippen MR) is 144 cm³/mol. The number of aliphatic hydroxyl groups is 1. The molecule has 0 aromatic heterocycles. The molecule has 184 valence electrons. The average molecular weight is 564 g/mol. The molecule has 8 heteroatoms. The van der Waals surface area contributed by atoms with E-state index in [1.54, 1.807) is 6.07 Å². The largest absolute Gasteiger partial charge is 0.396 e. The van der Waals surface area contributed by atoms with Gasteiger partial charge in [0.15, 0.2) is 5.96 Å². The van der Waals surface area contributed by atoms with Gasteiger partial charge in [0.1, 0.15) is 5.82 Å². The minimum Gasteiger partial charge on any atom is -0.396 e.